The Bertz CT molecular complexity index is 467. The third-order valence-electron chi connectivity index (χ3n) is 4.23. The summed E-state index contributed by atoms with van der Waals surface area (Å²) >= 11 is 0. The van der Waals surface area contributed by atoms with Crippen LogP contribution in [0.5, 0.6) is 5.75 Å². The molecule has 21 heavy (non-hydrogen) atoms. The number of hydrogen-bond acceptors (Lipinski definition) is 3. The second-order valence-corrected chi connectivity index (χ2v) is 5.75. The predicted octanol–water partition coefficient (Wildman–Crippen LogP) is 2.56. The molecule has 0 spiro atoms. The first-order valence-electron chi connectivity index (χ1n) is 7.79. The van der Waals surface area contributed by atoms with Gasteiger partial charge in [-0.2, -0.15) is 0 Å². The van der Waals surface area contributed by atoms with Crippen molar-refractivity contribution in [2.24, 2.45) is 0 Å². The molecule has 1 N–H and O–H groups in total. The Hall–Kier alpha value is -1.55. The molecular weight excluding hydrogens is 266 g/mol. The first kappa shape index (κ1) is 15.8. The van der Waals surface area contributed by atoms with Crippen LogP contribution in [0.25, 0.3) is 0 Å². The predicted molar refractivity (Wildman–Crippen MR) is 82.5 cm³/mol. The summed E-state index contributed by atoms with van der Waals surface area (Å²) in [7, 11) is 0. The van der Waals surface area contributed by atoms with Gasteiger partial charge in [0.05, 0.1) is 6.10 Å². The van der Waals surface area contributed by atoms with Gasteiger partial charge in [0, 0.05) is 13.1 Å². The fourth-order valence-corrected chi connectivity index (χ4v) is 2.59. The number of ether oxygens (including phenoxy) is 1. The molecule has 4 heteroatoms. The van der Waals surface area contributed by atoms with Gasteiger partial charge in [-0.1, -0.05) is 32.0 Å². The molecule has 0 radical (unpaired) electrons. The zero-order valence-electron chi connectivity index (χ0n) is 12.9. The Kier molecular flexibility index (Phi) is 5.62. The lowest BCUT2D eigenvalue weighted by Crippen LogP contribution is -2.42. The van der Waals surface area contributed by atoms with E-state index in [1.165, 1.54) is 0 Å². The van der Waals surface area contributed by atoms with E-state index in [4.69, 9.17) is 4.74 Å². The topological polar surface area (TPSA) is 49.8 Å². The van der Waals surface area contributed by atoms with E-state index in [1.807, 2.05) is 18.2 Å². The van der Waals surface area contributed by atoms with Crippen molar-refractivity contribution in [3.8, 4) is 5.75 Å². The number of benzene rings is 1. The Morgan fingerprint density at radius 1 is 1.38 bits per heavy atom. The molecule has 1 aromatic rings. The van der Waals surface area contributed by atoms with E-state index >= 15 is 0 Å². The van der Waals surface area contributed by atoms with Crippen LogP contribution in [-0.2, 0) is 4.79 Å². The minimum atomic E-state index is -0.263. The molecular formula is C17H25NO3. The molecule has 1 aliphatic rings. The van der Waals surface area contributed by atoms with Crippen molar-refractivity contribution >= 4 is 5.91 Å². The van der Waals surface area contributed by atoms with Gasteiger partial charge in [-0.15, -0.1) is 0 Å². The van der Waals surface area contributed by atoms with Gasteiger partial charge in [-0.05, 0) is 36.8 Å². The maximum Gasteiger partial charge on any atom is 0.260 e. The largest absolute Gasteiger partial charge is 0.483 e. The number of rotatable bonds is 5. The number of aliphatic hydroxyl groups excluding tert-OH is 1. The van der Waals surface area contributed by atoms with Crippen molar-refractivity contribution in [3.63, 3.8) is 0 Å². The van der Waals surface area contributed by atoms with Crippen molar-refractivity contribution in [1.82, 2.24) is 4.90 Å². The number of piperidine rings is 1. The summed E-state index contributed by atoms with van der Waals surface area (Å²) in [4.78, 5) is 13.9. The number of carbonyl (C=O) groups excluding carboxylic acids is 1. The fourth-order valence-electron chi connectivity index (χ4n) is 2.59. The Labute approximate surface area is 126 Å². The lowest BCUT2D eigenvalue weighted by molar-refractivity contribution is -0.135. The summed E-state index contributed by atoms with van der Waals surface area (Å²) in [6, 6.07) is 7.92. The minimum Gasteiger partial charge on any atom is -0.483 e. The summed E-state index contributed by atoms with van der Waals surface area (Å²) in [6.45, 7) is 5.62. The van der Waals surface area contributed by atoms with Gasteiger partial charge < -0.3 is 14.7 Å². The van der Waals surface area contributed by atoms with Crippen LogP contribution in [0.2, 0.25) is 0 Å². The molecule has 1 amide bonds. The second kappa shape index (κ2) is 7.46. The molecule has 1 aromatic carbocycles. The van der Waals surface area contributed by atoms with E-state index < -0.39 is 0 Å². The Morgan fingerprint density at radius 3 is 2.71 bits per heavy atom. The van der Waals surface area contributed by atoms with Crippen LogP contribution in [0, 0.1) is 0 Å². The van der Waals surface area contributed by atoms with Gasteiger partial charge in [0.15, 0.2) is 6.61 Å². The summed E-state index contributed by atoms with van der Waals surface area (Å²) in [6.07, 6.45) is 2.10. The summed E-state index contributed by atoms with van der Waals surface area (Å²) < 4.78 is 5.75. The quantitative estimate of drug-likeness (QED) is 0.907. The number of carbonyl (C=O) groups is 1. The molecule has 116 valence electrons. The zero-order chi connectivity index (χ0) is 15.2. The van der Waals surface area contributed by atoms with Crippen molar-refractivity contribution in [1.29, 1.82) is 0 Å². The van der Waals surface area contributed by atoms with Gasteiger partial charge in [-0.25, -0.2) is 0 Å². The molecule has 1 unspecified atom stereocenters. The number of aliphatic hydroxyl groups is 1. The molecule has 4 nitrogen and oxygen atoms in total. The van der Waals surface area contributed by atoms with E-state index in [2.05, 4.69) is 19.9 Å². The minimum absolute atomic E-state index is 0.000791. The van der Waals surface area contributed by atoms with Crippen LogP contribution >= 0.6 is 0 Å². The Morgan fingerprint density at radius 2 is 2.05 bits per heavy atom. The Balaban J connectivity index is 1.92. The van der Waals surface area contributed by atoms with Crippen LogP contribution in [0.3, 0.4) is 0 Å². The molecule has 0 aromatic heterocycles. The van der Waals surface area contributed by atoms with Crippen LogP contribution < -0.4 is 4.74 Å². The lowest BCUT2D eigenvalue weighted by Gasteiger charge is -2.29. The third-order valence-corrected chi connectivity index (χ3v) is 4.23. The van der Waals surface area contributed by atoms with E-state index in [9.17, 15) is 9.90 Å². The number of para-hydroxylation sites is 1. The average molecular weight is 291 g/mol. The summed E-state index contributed by atoms with van der Waals surface area (Å²) in [5, 5.41) is 9.47. The molecule has 1 fully saturated rings. The van der Waals surface area contributed by atoms with Crippen LogP contribution in [0.4, 0.5) is 0 Å². The highest BCUT2D eigenvalue weighted by Crippen LogP contribution is 2.28. The number of hydrogen-bond donors (Lipinski definition) is 1. The average Bonchev–Trinajstić information content (AvgIpc) is 2.52. The highest BCUT2D eigenvalue weighted by atomic mass is 16.5. The SMILES string of the molecule is CCC(C)c1ccccc1OCC(=O)N1CCC(O)CC1. The first-order chi connectivity index (χ1) is 10.1. The maximum atomic E-state index is 12.1. The molecule has 1 saturated heterocycles. The number of amides is 1. The molecule has 0 aliphatic carbocycles. The van der Waals surface area contributed by atoms with Crippen molar-refractivity contribution < 1.29 is 14.6 Å². The normalized spacial score (nSPS) is 17.6. The van der Waals surface area contributed by atoms with Gasteiger partial charge in [-0.3, -0.25) is 4.79 Å². The van der Waals surface area contributed by atoms with Crippen LogP contribution in [0.15, 0.2) is 24.3 Å². The van der Waals surface area contributed by atoms with Crippen molar-refractivity contribution in [2.45, 2.75) is 45.1 Å². The van der Waals surface area contributed by atoms with Gasteiger partial charge in [0.25, 0.3) is 5.91 Å². The standard InChI is InChI=1S/C17H25NO3/c1-3-13(2)15-6-4-5-7-16(15)21-12-17(20)18-10-8-14(19)9-11-18/h4-7,13-14,19H,3,8-12H2,1-2H3. The highest BCUT2D eigenvalue weighted by molar-refractivity contribution is 5.77. The third kappa shape index (κ3) is 4.21. The summed E-state index contributed by atoms with van der Waals surface area (Å²) in [5.41, 5.74) is 1.15. The molecule has 1 heterocycles. The van der Waals surface area contributed by atoms with Crippen molar-refractivity contribution in [2.75, 3.05) is 19.7 Å². The summed E-state index contributed by atoms with van der Waals surface area (Å²) in [5.74, 6) is 1.22. The zero-order valence-corrected chi connectivity index (χ0v) is 12.9. The van der Waals surface area contributed by atoms with E-state index in [1.54, 1.807) is 4.90 Å². The maximum absolute atomic E-state index is 12.1. The lowest BCUT2D eigenvalue weighted by atomic mass is 9.98. The van der Waals surface area contributed by atoms with Crippen LogP contribution in [-0.4, -0.2) is 41.7 Å². The van der Waals surface area contributed by atoms with Gasteiger partial charge >= 0.3 is 0 Å². The monoisotopic (exact) mass is 291 g/mol. The second-order valence-electron chi connectivity index (χ2n) is 5.75. The van der Waals surface area contributed by atoms with Gasteiger partial charge in [0.1, 0.15) is 5.75 Å². The first-order valence-corrected chi connectivity index (χ1v) is 7.79. The van der Waals surface area contributed by atoms with Crippen molar-refractivity contribution in [3.05, 3.63) is 29.8 Å². The molecule has 0 bridgehead atoms. The highest BCUT2D eigenvalue weighted by Gasteiger charge is 2.21. The van der Waals surface area contributed by atoms with E-state index in [0.29, 0.717) is 31.8 Å². The number of nitrogens with zero attached hydrogens (tertiary/aromatic N) is 1. The van der Waals surface area contributed by atoms with E-state index in [0.717, 1.165) is 17.7 Å². The smallest absolute Gasteiger partial charge is 0.260 e. The number of likely N-dealkylation sites (tertiary alicyclic amines) is 1. The van der Waals surface area contributed by atoms with E-state index in [-0.39, 0.29) is 18.6 Å². The molecule has 1 aliphatic heterocycles. The fraction of sp³-hybridized carbons (Fsp3) is 0.588. The van der Waals surface area contributed by atoms with Gasteiger partial charge in [0.2, 0.25) is 0 Å². The molecule has 1 atom stereocenters. The molecule has 2 rings (SSSR count). The molecule has 0 saturated carbocycles. The van der Waals surface area contributed by atoms with Crippen LogP contribution in [0.1, 0.15) is 44.6 Å².